The average Bonchev–Trinajstić information content (AvgIpc) is 2.28. The van der Waals surface area contributed by atoms with Crippen LogP contribution in [0.3, 0.4) is 0 Å². The monoisotopic (exact) mass is 270 g/mol. The third kappa shape index (κ3) is 2.36. The third-order valence-electron chi connectivity index (χ3n) is 1.00. The van der Waals surface area contributed by atoms with E-state index in [0.717, 1.165) is 0 Å². The topological polar surface area (TPSA) is 46.5 Å². The Morgan fingerprint density at radius 1 is 1.83 bits per heavy atom. The molecule has 0 aromatic carbocycles. The largest absolute Gasteiger partial charge is 0.479 e. The highest BCUT2D eigenvalue weighted by atomic mass is 79.9. The standard InChI is InChI=1S/C6H4BrClO3S/c7-6-5(3(8)2-12-6)11-1-4(9)10/h2H,1H2,(H,9,10). The van der Waals surface area contributed by atoms with E-state index >= 15 is 0 Å². The molecule has 0 saturated carbocycles. The highest BCUT2D eigenvalue weighted by Gasteiger charge is 2.10. The molecule has 0 aliphatic rings. The first-order valence-corrected chi connectivity index (χ1v) is 4.93. The Morgan fingerprint density at radius 2 is 2.50 bits per heavy atom. The summed E-state index contributed by atoms with van der Waals surface area (Å²) < 4.78 is 5.60. The highest BCUT2D eigenvalue weighted by molar-refractivity contribution is 9.11. The molecule has 0 spiro atoms. The molecule has 0 amide bonds. The van der Waals surface area contributed by atoms with Crippen LogP contribution in [0, 0.1) is 0 Å². The van der Waals surface area contributed by atoms with Crippen molar-refractivity contribution >= 4 is 44.8 Å². The number of aliphatic carboxylic acids is 1. The van der Waals surface area contributed by atoms with Crippen molar-refractivity contribution in [1.82, 2.24) is 0 Å². The van der Waals surface area contributed by atoms with Crippen LogP contribution >= 0.6 is 38.9 Å². The van der Waals surface area contributed by atoms with E-state index in [2.05, 4.69) is 15.9 Å². The van der Waals surface area contributed by atoms with Gasteiger partial charge in [-0.05, 0) is 15.9 Å². The Bertz CT molecular complexity index is 279. The van der Waals surface area contributed by atoms with Crippen LogP contribution in [0.25, 0.3) is 0 Å². The lowest BCUT2D eigenvalue weighted by atomic mass is 10.6. The maximum atomic E-state index is 10.1. The van der Waals surface area contributed by atoms with Gasteiger partial charge in [0.25, 0.3) is 0 Å². The van der Waals surface area contributed by atoms with E-state index < -0.39 is 5.97 Å². The van der Waals surface area contributed by atoms with Crippen molar-refractivity contribution in [2.75, 3.05) is 6.61 Å². The van der Waals surface area contributed by atoms with Gasteiger partial charge in [0.1, 0.15) is 3.79 Å². The molecule has 1 rings (SSSR count). The second kappa shape index (κ2) is 4.11. The van der Waals surface area contributed by atoms with Gasteiger partial charge in [0.15, 0.2) is 12.4 Å². The summed E-state index contributed by atoms with van der Waals surface area (Å²) in [5.74, 6) is -0.631. The lowest BCUT2D eigenvalue weighted by Crippen LogP contribution is -2.09. The first-order chi connectivity index (χ1) is 5.61. The van der Waals surface area contributed by atoms with Crippen LogP contribution < -0.4 is 4.74 Å². The van der Waals surface area contributed by atoms with E-state index in [1.807, 2.05) is 0 Å². The number of carboxylic acid groups (broad SMARTS) is 1. The smallest absolute Gasteiger partial charge is 0.341 e. The van der Waals surface area contributed by atoms with Gasteiger partial charge in [-0.2, -0.15) is 0 Å². The Morgan fingerprint density at radius 3 is 2.92 bits per heavy atom. The third-order valence-corrected chi connectivity index (χ3v) is 3.08. The summed E-state index contributed by atoms with van der Waals surface area (Å²) in [6.07, 6.45) is 0. The van der Waals surface area contributed by atoms with Crippen LogP contribution in [0.15, 0.2) is 9.17 Å². The molecule has 1 aromatic heterocycles. The molecular formula is C6H4BrClO3S. The molecule has 0 radical (unpaired) electrons. The fraction of sp³-hybridized carbons (Fsp3) is 0.167. The van der Waals surface area contributed by atoms with Crippen LogP contribution in [0.5, 0.6) is 5.75 Å². The predicted octanol–water partition coefficient (Wildman–Crippen LogP) is 2.63. The fourth-order valence-electron chi connectivity index (χ4n) is 0.564. The summed E-state index contributed by atoms with van der Waals surface area (Å²) >= 11 is 10.2. The summed E-state index contributed by atoms with van der Waals surface area (Å²) in [4.78, 5) is 10.1. The Labute approximate surface area is 86.0 Å². The molecule has 1 heterocycles. The van der Waals surface area contributed by atoms with Gasteiger partial charge in [-0.1, -0.05) is 11.6 Å². The van der Waals surface area contributed by atoms with Gasteiger partial charge < -0.3 is 9.84 Å². The number of hydrogen-bond acceptors (Lipinski definition) is 3. The zero-order chi connectivity index (χ0) is 9.14. The molecule has 1 aromatic rings. The second-order valence-electron chi connectivity index (χ2n) is 1.87. The molecule has 0 unspecified atom stereocenters. The van der Waals surface area contributed by atoms with E-state index in [9.17, 15) is 4.79 Å². The predicted molar refractivity (Wildman–Crippen MR) is 50.2 cm³/mol. The second-order valence-corrected chi connectivity index (χ2v) is 4.47. The van der Waals surface area contributed by atoms with Crippen molar-refractivity contribution in [3.05, 3.63) is 14.2 Å². The average molecular weight is 272 g/mol. The number of hydrogen-bond donors (Lipinski definition) is 1. The maximum absolute atomic E-state index is 10.1. The van der Waals surface area contributed by atoms with Crippen LogP contribution in [0.2, 0.25) is 5.02 Å². The molecule has 0 fully saturated rings. The van der Waals surface area contributed by atoms with Gasteiger partial charge >= 0.3 is 5.97 Å². The van der Waals surface area contributed by atoms with Gasteiger partial charge in [-0.15, -0.1) is 11.3 Å². The van der Waals surface area contributed by atoms with Gasteiger partial charge in [-0.25, -0.2) is 4.79 Å². The molecule has 0 aliphatic carbocycles. The first-order valence-electron chi connectivity index (χ1n) is 2.88. The van der Waals surface area contributed by atoms with Crippen LogP contribution in [0.1, 0.15) is 0 Å². The van der Waals surface area contributed by atoms with E-state index in [0.29, 0.717) is 14.6 Å². The van der Waals surface area contributed by atoms with Crippen molar-refractivity contribution in [3.63, 3.8) is 0 Å². The number of thiophene rings is 1. The molecule has 1 N–H and O–H groups in total. The summed E-state index contributed by atoms with van der Waals surface area (Å²) in [5, 5.41) is 10.4. The molecule has 66 valence electrons. The molecule has 0 bridgehead atoms. The lowest BCUT2D eigenvalue weighted by Gasteiger charge is -2.00. The Hall–Kier alpha value is -0.260. The molecule has 0 atom stereocenters. The van der Waals surface area contributed by atoms with Crippen molar-refractivity contribution < 1.29 is 14.6 Å². The van der Waals surface area contributed by atoms with Crippen molar-refractivity contribution in [3.8, 4) is 5.75 Å². The van der Waals surface area contributed by atoms with Crippen LogP contribution in [0.4, 0.5) is 0 Å². The fourth-order valence-corrected chi connectivity index (χ4v) is 2.22. The molecule has 6 heteroatoms. The Balaban J connectivity index is 2.68. The molecular weight excluding hydrogens is 267 g/mol. The summed E-state index contributed by atoms with van der Waals surface area (Å²) in [6.45, 7) is -0.380. The number of carbonyl (C=O) groups is 1. The number of ether oxygens (including phenoxy) is 1. The molecule has 12 heavy (non-hydrogen) atoms. The SMILES string of the molecule is O=C(O)COc1c(Cl)csc1Br. The normalized spacial score (nSPS) is 9.83. The van der Waals surface area contributed by atoms with Crippen LogP contribution in [-0.2, 0) is 4.79 Å². The zero-order valence-corrected chi connectivity index (χ0v) is 8.87. The van der Waals surface area contributed by atoms with E-state index in [4.69, 9.17) is 21.4 Å². The lowest BCUT2D eigenvalue weighted by molar-refractivity contribution is -0.139. The summed E-state index contributed by atoms with van der Waals surface area (Å²) in [6, 6.07) is 0. The number of rotatable bonds is 3. The van der Waals surface area contributed by atoms with Crippen LogP contribution in [-0.4, -0.2) is 17.7 Å². The van der Waals surface area contributed by atoms with Crippen molar-refractivity contribution in [2.45, 2.75) is 0 Å². The van der Waals surface area contributed by atoms with E-state index in [1.165, 1.54) is 11.3 Å². The Kier molecular flexibility index (Phi) is 3.37. The van der Waals surface area contributed by atoms with Gasteiger partial charge in [-0.3, -0.25) is 0 Å². The summed E-state index contributed by atoms with van der Waals surface area (Å²) in [7, 11) is 0. The minimum absolute atomic E-state index is 0.380. The summed E-state index contributed by atoms with van der Waals surface area (Å²) in [5.41, 5.74) is 0. The molecule has 0 aliphatic heterocycles. The first kappa shape index (κ1) is 9.83. The maximum Gasteiger partial charge on any atom is 0.341 e. The molecule has 0 saturated heterocycles. The van der Waals surface area contributed by atoms with Gasteiger partial charge in [0.2, 0.25) is 0 Å². The zero-order valence-electron chi connectivity index (χ0n) is 5.71. The molecule has 3 nitrogen and oxygen atoms in total. The van der Waals surface area contributed by atoms with E-state index in [1.54, 1.807) is 5.38 Å². The van der Waals surface area contributed by atoms with E-state index in [-0.39, 0.29) is 6.61 Å². The van der Waals surface area contributed by atoms with Crippen molar-refractivity contribution in [2.24, 2.45) is 0 Å². The van der Waals surface area contributed by atoms with Gasteiger partial charge in [0, 0.05) is 5.38 Å². The minimum atomic E-state index is -1.02. The highest BCUT2D eigenvalue weighted by Crippen LogP contribution is 2.38. The van der Waals surface area contributed by atoms with Gasteiger partial charge in [0.05, 0.1) is 5.02 Å². The minimum Gasteiger partial charge on any atom is -0.479 e. The van der Waals surface area contributed by atoms with Crippen molar-refractivity contribution in [1.29, 1.82) is 0 Å². The number of carboxylic acids is 1. The number of halogens is 2. The quantitative estimate of drug-likeness (QED) is 0.919.